The van der Waals surface area contributed by atoms with Gasteiger partial charge in [0, 0.05) is 19.0 Å². The quantitative estimate of drug-likeness (QED) is 0.724. The van der Waals surface area contributed by atoms with Crippen molar-refractivity contribution in [1.82, 2.24) is 4.90 Å². The van der Waals surface area contributed by atoms with Crippen molar-refractivity contribution in [2.75, 3.05) is 26.2 Å². The monoisotopic (exact) mass is 235 g/mol. The van der Waals surface area contributed by atoms with E-state index in [0.29, 0.717) is 13.1 Å². The zero-order valence-corrected chi connectivity index (χ0v) is 10.3. The Hall–Kier alpha value is -1.39. The normalized spacial score (nSPS) is 12.6. The minimum Gasteiger partial charge on any atom is -0.369 e. The zero-order chi connectivity index (χ0) is 12.7. The fraction of sp³-hybridized carbons (Fsp3) is 0.462. The largest absolute Gasteiger partial charge is 0.369 e. The van der Waals surface area contributed by atoms with Gasteiger partial charge in [-0.1, -0.05) is 37.3 Å². The number of rotatable bonds is 7. The average Bonchev–Trinajstić information content (AvgIpc) is 2.35. The Balaban J connectivity index is 2.65. The fourth-order valence-corrected chi connectivity index (χ4v) is 1.88. The first-order valence-corrected chi connectivity index (χ1v) is 5.93. The number of nitrogens with zero attached hydrogens (tertiary/aromatic N) is 1. The molecule has 4 nitrogen and oxygen atoms in total. The Labute approximate surface area is 103 Å². The molecule has 0 aromatic heterocycles. The number of benzene rings is 1. The third kappa shape index (κ3) is 4.54. The smallest absolute Gasteiger partial charge is 0.231 e. The van der Waals surface area contributed by atoms with Crippen LogP contribution in [-0.2, 0) is 4.79 Å². The molecule has 17 heavy (non-hydrogen) atoms. The van der Waals surface area contributed by atoms with E-state index >= 15 is 0 Å². The lowest BCUT2D eigenvalue weighted by Gasteiger charge is -2.24. The van der Waals surface area contributed by atoms with Gasteiger partial charge in [-0.2, -0.15) is 0 Å². The van der Waals surface area contributed by atoms with Crippen molar-refractivity contribution in [1.29, 1.82) is 0 Å². The predicted octanol–water partition coefficient (Wildman–Crippen LogP) is 0.536. The standard InChI is InChI=1S/C13H21N3O/c1-2-16(10-13(15)17)9-12(8-14)11-6-4-3-5-7-11/h3-7,12H,2,8-10,14H2,1H3,(H2,15,17). The van der Waals surface area contributed by atoms with Gasteiger partial charge in [-0.25, -0.2) is 0 Å². The van der Waals surface area contributed by atoms with Gasteiger partial charge in [-0.3, -0.25) is 9.69 Å². The SMILES string of the molecule is CCN(CC(N)=O)CC(CN)c1ccccc1. The minimum atomic E-state index is -0.296. The number of carbonyl (C=O) groups is 1. The van der Waals surface area contributed by atoms with Crippen LogP contribution in [0.2, 0.25) is 0 Å². The van der Waals surface area contributed by atoms with E-state index in [1.165, 1.54) is 5.56 Å². The summed E-state index contributed by atoms with van der Waals surface area (Å²) in [5.41, 5.74) is 12.2. The molecule has 1 amide bonds. The molecule has 0 bridgehead atoms. The van der Waals surface area contributed by atoms with E-state index in [0.717, 1.165) is 13.1 Å². The number of carbonyl (C=O) groups excluding carboxylic acids is 1. The number of likely N-dealkylation sites (N-methyl/N-ethyl adjacent to an activating group) is 1. The first-order valence-electron chi connectivity index (χ1n) is 5.93. The molecule has 0 spiro atoms. The van der Waals surface area contributed by atoms with Crippen LogP contribution in [0.3, 0.4) is 0 Å². The second kappa shape index (κ2) is 7.04. The molecule has 1 aromatic rings. The molecule has 4 N–H and O–H groups in total. The molecule has 0 aliphatic heterocycles. The second-order valence-corrected chi connectivity index (χ2v) is 4.14. The summed E-state index contributed by atoms with van der Waals surface area (Å²) in [5.74, 6) is -0.0498. The van der Waals surface area contributed by atoms with Gasteiger partial charge in [0.2, 0.25) is 5.91 Å². The van der Waals surface area contributed by atoms with Crippen molar-refractivity contribution < 1.29 is 4.79 Å². The van der Waals surface area contributed by atoms with E-state index < -0.39 is 0 Å². The molecule has 0 aliphatic carbocycles. The van der Waals surface area contributed by atoms with Gasteiger partial charge in [0.1, 0.15) is 0 Å². The molecule has 0 saturated heterocycles. The van der Waals surface area contributed by atoms with Gasteiger partial charge < -0.3 is 11.5 Å². The lowest BCUT2D eigenvalue weighted by atomic mass is 9.98. The molecular formula is C13H21N3O. The van der Waals surface area contributed by atoms with Crippen LogP contribution in [0.25, 0.3) is 0 Å². The van der Waals surface area contributed by atoms with Crippen LogP contribution in [0.4, 0.5) is 0 Å². The van der Waals surface area contributed by atoms with Crippen molar-refractivity contribution in [2.24, 2.45) is 11.5 Å². The Kier molecular flexibility index (Phi) is 5.66. The number of nitrogens with two attached hydrogens (primary N) is 2. The first kappa shape index (κ1) is 13.7. The third-order valence-electron chi connectivity index (χ3n) is 2.86. The van der Waals surface area contributed by atoms with Crippen molar-refractivity contribution in [3.05, 3.63) is 35.9 Å². The number of hydrogen-bond acceptors (Lipinski definition) is 3. The third-order valence-corrected chi connectivity index (χ3v) is 2.86. The van der Waals surface area contributed by atoms with E-state index in [1.807, 2.05) is 30.0 Å². The molecule has 0 fully saturated rings. The maximum atomic E-state index is 10.9. The van der Waals surface area contributed by atoms with Crippen LogP contribution >= 0.6 is 0 Å². The summed E-state index contributed by atoms with van der Waals surface area (Å²) in [6, 6.07) is 10.1. The van der Waals surface area contributed by atoms with Crippen molar-refractivity contribution in [3.63, 3.8) is 0 Å². The van der Waals surface area contributed by atoms with E-state index in [2.05, 4.69) is 12.1 Å². The maximum Gasteiger partial charge on any atom is 0.231 e. The van der Waals surface area contributed by atoms with Crippen molar-refractivity contribution in [3.8, 4) is 0 Å². The Morgan fingerprint density at radius 3 is 2.47 bits per heavy atom. The molecule has 1 unspecified atom stereocenters. The summed E-state index contributed by atoms with van der Waals surface area (Å²) in [7, 11) is 0. The summed E-state index contributed by atoms with van der Waals surface area (Å²) < 4.78 is 0. The van der Waals surface area contributed by atoms with Crippen LogP contribution in [0, 0.1) is 0 Å². The number of amides is 1. The molecule has 1 atom stereocenters. The Bertz CT molecular complexity index is 340. The summed E-state index contributed by atoms with van der Waals surface area (Å²) in [5, 5.41) is 0. The number of primary amides is 1. The molecule has 0 radical (unpaired) electrons. The van der Waals surface area contributed by atoms with Gasteiger partial charge in [-0.15, -0.1) is 0 Å². The molecule has 94 valence electrons. The topological polar surface area (TPSA) is 72.3 Å². The highest BCUT2D eigenvalue weighted by Crippen LogP contribution is 2.15. The van der Waals surface area contributed by atoms with Gasteiger partial charge in [0.05, 0.1) is 6.54 Å². The van der Waals surface area contributed by atoms with Gasteiger partial charge >= 0.3 is 0 Å². The highest BCUT2D eigenvalue weighted by molar-refractivity contribution is 5.75. The van der Waals surface area contributed by atoms with E-state index in [1.54, 1.807) is 0 Å². The average molecular weight is 235 g/mol. The predicted molar refractivity (Wildman–Crippen MR) is 69.5 cm³/mol. The second-order valence-electron chi connectivity index (χ2n) is 4.14. The molecule has 0 heterocycles. The molecule has 0 aliphatic rings. The minimum absolute atomic E-state index is 0.246. The molecular weight excluding hydrogens is 214 g/mol. The lowest BCUT2D eigenvalue weighted by molar-refractivity contribution is -0.119. The van der Waals surface area contributed by atoms with Crippen LogP contribution in [0.1, 0.15) is 18.4 Å². The van der Waals surface area contributed by atoms with E-state index in [9.17, 15) is 4.79 Å². The highest BCUT2D eigenvalue weighted by Gasteiger charge is 2.14. The van der Waals surface area contributed by atoms with Crippen LogP contribution in [0.15, 0.2) is 30.3 Å². The van der Waals surface area contributed by atoms with E-state index in [-0.39, 0.29) is 11.8 Å². The summed E-state index contributed by atoms with van der Waals surface area (Å²) in [6.45, 7) is 4.44. The first-order chi connectivity index (χ1) is 8.17. The van der Waals surface area contributed by atoms with Gasteiger partial charge in [0.25, 0.3) is 0 Å². The number of hydrogen-bond donors (Lipinski definition) is 2. The Morgan fingerprint density at radius 1 is 1.35 bits per heavy atom. The summed E-state index contributed by atoms with van der Waals surface area (Å²) in [4.78, 5) is 12.9. The fourth-order valence-electron chi connectivity index (χ4n) is 1.88. The highest BCUT2D eigenvalue weighted by atomic mass is 16.1. The maximum absolute atomic E-state index is 10.9. The van der Waals surface area contributed by atoms with Crippen LogP contribution in [0.5, 0.6) is 0 Å². The Morgan fingerprint density at radius 2 is 2.00 bits per heavy atom. The summed E-state index contributed by atoms with van der Waals surface area (Å²) >= 11 is 0. The van der Waals surface area contributed by atoms with Crippen LogP contribution < -0.4 is 11.5 Å². The van der Waals surface area contributed by atoms with Crippen molar-refractivity contribution in [2.45, 2.75) is 12.8 Å². The zero-order valence-electron chi connectivity index (χ0n) is 10.3. The molecule has 1 rings (SSSR count). The van der Waals surface area contributed by atoms with Crippen molar-refractivity contribution >= 4 is 5.91 Å². The summed E-state index contributed by atoms with van der Waals surface area (Å²) in [6.07, 6.45) is 0. The van der Waals surface area contributed by atoms with E-state index in [4.69, 9.17) is 11.5 Å². The van der Waals surface area contributed by atoms with Crippen LogP contribution in [-0.4, -0.2) is 37.0 Å². The molecule has 0 saturated carbocycles. The van der Waals surface area contributed by atoms with Gasteiger partial charge in [0.15, 0.2) is 0 Å². The molecule has 4 heteroatoms. The van der Waals surface area contributed by atoms with Gasteiger partial charge in [-0.05, 0) is 12.1 Å². The molecule has 1 aromatic carbocycles. The lowest BCUT2D eigenvalue weighted by Crippen LogP contribution is -2.37.